The number of allylic oxidation sites excluding steroid dienone is 2. The minimum Gasteiger partial charge on any atom is -0.376 e. The Balaban J connectivity index is 0.00000169. The minimum atomic E-state index is 0. The Morgan fingerprint density at radius 3 is 2.64 bits per heavy atom. The smallest absolute Gasteiger partial charge is 0.376 e. The van der Waals surface area contributed by atoms with Crippen LogP contribution in [0.1, 0.15) is 17.5 Å². The van der Waals surface area contributed by atoms with Crippen molar-refractivity contribution in [3.63, 3.8) is 0 Å². The van der Waals surface area contributed by atoms with Gasteiger partial charge in [-0.2, -0.15) is 12.5 Å². The van der Waals surface area contributed by atoms with Crippen molar-refractivity contribution < 1.29 is 21.6 Å². The second-order valence-electron chi connectivity index (χ2n) is 2.72. The van der Waals surface area contributed by atoms with E-state index in [2.05, 4.69) is 6.92 Å². The van der Waals surface area contributed by atoms with E-state index in [0.717, 1.165) is 18.4 Å². The first-order valence-corrected chi connectivity index (χ1v) is 4.28. The largest absolute Gasteiger partial charge is 2.00 e. The van der Waals surface area contributed by atoms with Gasteiger partial charge in [0, 0.05) is 0 Å². The van der Waals surface area contributed by atoms with Crippen LogP contribution < -0.4 is 0 Å². The van der Waals surface area contributed by atoms with Gasteiger partial charge in [-0.25, -0.2) is 0 Å². The molecule has 0 fully saturated rings. The van der Waals surface area contributed by atoms with Gasteiger partial charge in [0.2, 0.25) is 0 Å². The molecule has 2 heteroatoms. The first-order chi connectivity index (χ1) is 6.38. The van der Waals surface area contributed by atoms with Crippen molar-refractivity contribution in [2.75, 3.05) is 0 Å². The fourth-order valence-electron chi connectivity index (χ4n) is 1.13. The van der Waals surface area contributed by atoms with Crippen LogP contribution in [-0.4, -0.2) is 6.29 Å². The van der Waals surface area contributed by atoms with Gasteiger partial charge in [0.05, 0.1) is 6.29 Å². The molecule has 14 heavy (non-hydrogen) atoms. The molecule has 1 rings (SSSR count). The summed E-state index contributed by atoms with van der Waals surface area (Å²) in [6.07, 6.45) is 7.49. The molecule has 0 saturated heterocycles. The molecule has 0 amide bonds. The van der Waals surface area contributed by atoms with E-state index in [0.29, 0.717) is 5.56 Å². The van der Waals surface area contributed by atoms with Crippen molar-refractivity contribution in [3.8, 4) is 0 Å². The predicted molar refractivity (Wildman–Crippen MR) is 54.1 cm³/mol. The summed E-state index contributed by atoms with van der Waals surface area (Å²) in [5.41, 5.74) is 1.67. The summed E-state index contributed by atoms with van der Waals surface area (Å²) in [5, 5.41) is 0. The molecule has 0 aliphatic heterocycles. The number of hydrogen-bond acceptors (Lipinski definition) is 1. The van der Waals surface area contributed by atoms with Gasteiger partial charge in [-0.3, -0.25) is 0 Å². The predicted octanol–water partition coefficient (Wildman–Crippen LogP) is 2.46. The van der Waals surface area contributed by atoms with Crippen molar-refractivity contribution in [2.24, 2.45) is 0 Å². The molecular formula is C12H12CoO. The fourth-order valence-corrected chi connectivity index (χ4v) is 1.13. The third-order valence-electron chi connectivity index (χ3n) is 1.80. The van der Waals surface area contributed by atoms with Gasteiger partial charge < -0.3 is 11.7 Å². The van der Waals surface area contributed by atoms with Crippen molar-refractivity contribution >= 4 is 6.29 Å². The molecule has 1 aromatic carbocycles. The Kier molecular flexibility index (Phi) is 7.07. The Hall–Kier alpha value is -0.864. The van der Waals surface area contributed by atoms with E-state index in [9.17, 15) is 4.79 Å². The van der Waals surface area contributed by atoms with Crippen molar-refractivity contribution in [1.82, 2.24) is 0 Å². The van der Waals surface area contributed by atoms with Crippen LogP contribution >= 0.6 is 0 Å². The van der Waals surface area contributed by atoms with Crippen LogP contribution in [0.15, 0.2) is 36.4 Å². The van der Waals surface area contributed by atoms with Crippen molar-refractivity contribution in [3.05, 3.63) is 54.5 Å². The van der Waals surface area contributed by atoms with Gasteiger partial charge in [0.25, 0.3) is 0 Å². The third kappa shape index (κ3) is 3.90. The van der Waals surface area contributed by atoms with Gasteiger partial charge in [-0.05, 0) is 0 Å². The first-order valence-electron chi connectivity index (χ1n) is 4.28. The maximum Gasteiger partial charge on any atom is 2.00 e. The van der Waals surface area contributed by atoms with Crippen LogP contribution in [0, 0.1) is 6.92 Å². The van der Waals surface area contributed by atoms with Crippen LogP contribution in [0.4, 0.5) is 0 Å². The summed E-state index contributed by atoms with van der Waals surface area (Å²) in [6.45, 7) is 3.70. The van der Waals surface area contributed by atoms with Crippen LogP contribution in [0.2, 0.25) is 0 Å². The molecule has 75 valence electrons. The number of carbonyl (C=O) groups excluding carboxylic acids is 1. The molecular weight excluding hydrogens is 219 g/mol. The zero-order valence-corrected chi connectivity index (χ0v) is 8.87. The second-order valence-corrected chi connectivity index (χ2v) is 2.72. The van der Waals surface area contributed by atoms with E-state index in [-0.39, 0.29) is 16.8 Å². The Morgan fingerprint density at radius 2 is 2.00 bits per heavy atom. The third-order valence-corrected chi connectivity index (χ3v) is 1.80. The summed E-state index contributed by atoms with van der Waals surface area (Å²) in [6, 6.07) is 7.48. The first kappa shape index (κ1) is 13.1. The topological polar surface area (TPSA) is 17.1 Å². The van der Waals surface area contributed by atoms with Crippen molar-refractivity contribution in [2.45, 2.75) is 12.8 Å². The van der Waals surface area contributed by atoms with Gasteiger partial charge in [-0.1, -0.05) is 18.6 Å². The second kappa shape index (κ2) is 7.53. The molecule has 0 atom stereocenters. The summed E-state index contributed by atoms with van der Waals surface area (Å²) < 4.78 is 0. The molecule has 0 N–H and O–H groups in total. The summed E-state index contributed by atoms with van der Waals surface area (Å²) >= 11 is 0. The average Bonchev–Trinajstić information content (AvgIpc) is 2.19. The van der Waals surface area contributed by atoms with E-state index < -0.39 is 0 Å². The molecule has 1 nitrogen and oxygen atoms in total. The van der Waals surface area contributed by atoms with E-state index in [1.54, 1.807) is 6.07 Å². The zero-order chi connectivity index (χ0) is 9.52. The molecule has 1 radical (unpaired) electrons. The molecule has 1 aromatic rings. The molecule has 0 heterocycles. The van der Waals surface area contributed by atoms with Crippen LogP contribution in [0.5, 0.6) is 0 Å². The van der Waals surface area contributed by atoms with Crippen molar-refractivity contribution in [1.29, 1.82) is 0 Å². The average molecular weight is 231 g/mol. The zero-order valence-electron chi connectivity index (χ0n) is 7.83. The maximum atomic E-state index is 10.5. The molecule has 0 aliphatic rings. The van der Waals surface area contributed by atoms with E-state index in [4.69, 9.17) is 0 Å². The minimum absolute atomic E-state index is 0. The molecule has 0 bridgehead atoms. The normalized spacial score (nSPS) is 9.79. The molecule has 0 saturated carbocycles. The molecule has 0 aromatic heterocycles. The fraction of sp³-hybridized carbons (Fsp3) is 0.167. The van der Waals surface area contributed by atoms with Gasteiger partial charge >= 0.3 is 16.8 Å². The molecule has 0 spiro atoms. The maximum absolute atomic E-state index is 10.5. The monoisotopic (exact) mass is 231 g/mol. The summed E-state index contributed by atoms with van der Waals surface area (Å²) in [4.78, 5) is 10.5. The van der Waals surface area contributed by atoms with Gasteiger partial charge in [0.15, 0.2) is 0 Å². The standard InChI is InChI=1S/C12H12O.Co/c1-2-3-4-7-11-8-5-6-9-12(11)10-13;/h3-6,8-9H,1-2,7H2;/q-2;+2/b4-3-;. The molecule has 0 unspecified atom stereocenters. The van der Waals surface area contributed by atoms with Crippen LogP contribution in [-0.2, 0) is 28.0 Å². The number of rotatable bonds is 4. The van der Waals surface area contributed by atoms with Gasteiger partial charge in [0.1, 0.15) is 0 Å². The van der Waals surface area contributed by atoms with E-state index in [1.807, 2.05) is 36.6 Å². The van der Waals surface area contributed by atoms with E-state index in [1.165, 1.54) is 0 Å². The van der Waals surface area contributed by atoms with E-state index >= 15 is 0 Å². The summed E-state index contributed by atoms with van der Waals surface area (Å²) in [7, 11) is 0. The van der Waals surface area contributed by atoms with Gasteiger partial charge in [-0.15, -0.1) is 29.3 Å². The van der Waals surface area contributed by atoms with Crippen LogP contribution in [0.25, 0.3) is 0 Å². The van der Waals surface area contributed by atoms with Crippen LogP contribution in [0.3, 0.4) is 0 Å². The molecule has 0 aliphatic carbocycles. The number of hydrogen-bond donors (Lipinski definition) is 0. The SMILES string of the molecule is [CH2-]C/C=C\Cc1ccccc1[C-]=O.[Co+2]. The number of benzene rings is 1. The summed E-state index contributed by atoms with van der Waals surface area (Å²) in [5.74, 6) is 0. The Morgan fingerprint density at radius 1 is 1.29 bits per heavy atom. The quantitative estimate of drug-likeness (QED) is 0.574. The Bertz CT molecular complexity index is 305. The Labute approximate surface area is 95.4 Å².